The number of ether oxygens (including phenoxy) is 1. The largest absolute Gasteiger partial charge is 0.367 e. The van der Waals surface area contributed by atoms with Gasteiger partial charge in [-0.05, 0) is 94.3 Å². The maximum atomic E-state index is 13.4. The zero-order valence-corrected chi connectivity index (χ0v) is 23.2. The summed E-state index contributed by atoms with van der Waals surface area (Å²) >= 11 is 0. The Bertz CT molecular complexity index is 1140. The second-order valence-electron chi connectivity index (χ2n) is 10.8. The molecule has 9 heteroatoms. The summed E-state index contributed by atoms with van der Waals surface area (Å²) < 4.78 is 46.5. The molecule has 7 nitrogen and oxygen atoms in total. The molecule has 0 spiro atoms. The minimum absolute atomic E-state index is 0.0630. The Kier molecular flexibility index (Phi) is 9.92. The van der Waals surface area contributed by atoms with Crippen LogP contribution in [0.25, 0.3) is 0 Å². The lowest BCUT2D eigenvalue weighted by molar-refractivity contribution is -0.128. The predicted molar refractivity (Wildman–Crippen MR) is 145 cm³/mol. The van der Waals surface area contributed by atoms with Gasteiger partial charge in [0.05, 0.1) is 11.0 Å². The van der Waals surface area contributed by atoms with Crippen LogP contribution in [-0.2, 0) is 19.6 Å². The smallest absolute Gasteiger partial charge is 0.246 e. The quantitative estimate of drug-likeness (QED) is 0.484. The van der Waals surface area contributed by atoms with Crippen molar-refractivity contribution in [3.63, 3.8) is 0 Å². The molecule has 1 aliphatic carbocycles. The van der Waals surface area contributed by atoms with E-state index < -0.39 is 10.0 Å². The molecule has 1 heterocycles. The first-order valence-corrected chi connectivity index (χ1v) is 15.0. The summed E-state index contributed by atoms with van der Waals surface area (Å²) in [5, 5.41) is 3.02. The van der Waals surface area contributed by atoms with Crippen LogP contribution in [0.3, 0.4) is 0 Å². The van der Waals surface area contributed by atoms with Crippen LogP contribution in [0.4, 0.5) is 4.39 Å². The number of sulfonamides is 1. The fourth-order valence-corrected chi connectivity index (χ4v) is 7.39. The minimum atomic E-state index is -3.56. The van der Waals surface area contributed by atoms with Gasteiger partial charge < -0.3 is 15.0 Å². The molecule has 0 radical (unpaired) electrons. The standard InChI is InChI=1S/C29H40FN3O4S/c1-32(2)29(24-14-16-25(30)17-15-24)23-12-10-22(11-13-23)19-31-28(34)21-37-26-7-6-18-33(20-26)38(35,36)27-8-4-3-5-9-27/h3-5,8-9,14-17,22-23,26,29H,6-7,10-13,18-21H2,1-2H3,(H,31,34). The topological polar surface area (TPSA) is 79.0 Å². The Morgan fingerprint density at radius 2 is 1.74 bits per heavy atom. The molecule has 1 N–H and O–H groups in total. The first-order chi connectivity index (χ1) is 18.2. The molecule has 2 unspecified atom stereocenters. The number of rotatable bonds is 10. The number of carbonyl (C=O) groups excluding carboxylic acids is 1. The highest BCUT2D eigenvalue weighted by molar-refractivity contribution is 7.89. The molecule has 2 atom stereocenters. The lowest BCUT2D eigenvalue weighted by Crippen LogP contribution is -2.44. The van der Waals surface area contributed by atoms with Gasteiger partial charge in [0.1, 0.15) is 12.4 Å². The molecule has 38 heavy (non-hydrogen) atoms. The second kappa shape index (κ2) is 13.2. The van der Waals surface area contributed by atoms with Crippen LogP contribution in [-0.4, -0.2) is 70.0 Å². The van der Waals surface area contributed by atoms with Crippen LogP contribution < -0.4 is 5.32 Å². The second-order valence-corrected chi connectivity index (χ2v) is 12.7. The van der Waals surface area contributed by atoms with E-state index in [9.17, 15) is 17.6 Å². The fraction of sp³-hybridized carbons (Fsp3) is 0.552. The third-order valence-corrected chi connectivity index (χ3v) is 9.75. The number of hydrogen-bond acceptors (Lipinski definition) is 5. The summed E-state index contributed by atoms with van der Waals surface area (Å²) in [6, 6.07) is 15.5. The maximum Gasteiger partial charge on any atom is 0.246 e. The fourth-order valence-electron chi connectivity index (χ4n) is 5.86. The number of nitrogens with one attached hydrogen (secondary N) is 1. The molecule has 208 valence electrons. The molecule has 2 aromatic rings. The molecule has 1 amide bonds. The van der Waals surface area contributed by atoms with Crippen molar-refractivity contribution in [3.05, 3.63) is 66.0 Å². The zero-order chi connectivity index (χ0) is 27.1. The van der Waals surface area contributed by atoms with E-state index in [1.807, 2.05) is 12.1 Å². The summed E-state index contributed by atoms with van der Waals surface area (Å²) in [5.74, 6) is 0.542. The van der Waals surface area contributed by atoms with E-state index >= 15 is 0 Å². The van der Waals surface area contributed by atoms with E-state index in [1.54, 1.807) is 30.3 Å². The number of halogens is 1. The molecule has 0 aromatic heterocycles. The van der Waals surface area contributed by atoms with Gasteiger partial charge in [0.25, 0.3) is 0 Å². The van der Waals surface area contributed by atoms with Gasteiger partial charge in [0.2, 0.25) is 15.9 Å². The third kappa shape index (κ3) is 7.40. The first-order valence-electron chi connectivity index (χ1n) is 13.6. The highest BCUT2D eigenvalue weighted by atomic mass is 32.2. The SMILES string of the molecule is CN(C)C(c1ccc(F)cc1)C1CCC(CNC(=O)COC2CCCN(S(=O)(=O)c3ccccc3)C2)CC1. The van der Waals surface area contributed by atoms with E-state index in [0.717, 1.165) is 37.7 Å². The predicted octanol–water partition coefficient (Wildman–Crippen LogP) is 4.22. The molecule has 2 aromatic carbocycles. The van der Waals surface area contributed by atoms with E-state index in [0.29, 0.717) is 31.3 Å². The Balaban J connectivity index is 1.19. The van der Waals surface area contributed by atoms with Gasteiger partial charge in [0, 0.05) is 25.7 Å². The van der Waals surface area contributed by atoms with Crippen molar-refractivity contribution in [2.75, 3.05) is 40.3 Å². The highest BCUT2D eigenvalue weighted by Gasteiger charge is 2.32. The summed E-state index contributed by atoms with van der Waals surface area (Å²) in [7, 11) is 0.584. The van der Waals surface area contributed by atoms with Gasteiger partial charge in [-0.1, -0.05) is 30.3 Å². The van der Waals surface area contributed by atoms with Crippen LogP contribution >= 0.6 is 0 Å². The molecular formula is C29H40FN3O4S. The average molecular weight is 546 g/mol. The van der Waals surface area contributed by atoms with E-state index in [4.69, 9.17) is 4.74 Å². The van der Waals surface area contributed by atoms with E-state index in [1.165, 1.54) is 16.4 Å². The first kappa shape index (κ1) is 28.7. The molecule has 0 bridgehead atoms. The number of carbonyl (C=O) groups is 1. The maximum absolute atomic E-state index is 13.4. The lowest BCUT2D eigenvalue weighted by atomic mass is 9.76. The summed E-state index contributed by atoms with van der Waals surface area (Å²) in [6.45, 7) is 1.28. The number of benzene rings is 2. The van der Waals surface area contributed by atoms with Crippen LogP contribution in [0.1, 0.15) is 50.1 Å². The molecular weight excluding hydrogens is 505 g/mol. The van der Waals surface area contributed by atoms with Crippen molar-refractivity contribution in [2.45, 2.75) is 55.6 Å². The van der Waals surface area contributed by atoms with E-state index in [2.05, 4.69) is 24.3 Å². The van der Waals surface area contributed by atoms with Crippen molar-refractivity contribution in [1.82, 2.24) is 14.5 Å². The van der Waals surface area contributed by atoms with Gasteiger partial charge in [-0.15, -0.1) is 0 Å². The van der Waals surface area contributed by atoms with Crippen LogP contribution in [0, 0.1) is 17.7 Å². The zero-order valence-electron chi connectivity index (χ0n) is 22.4. The van der Waals surface area contributed by atoms with Gasteiger partial charge in [-0.2, -0.15) is 4.31 Å². The van der Waals surface area contributed by atoms with Crippen LogP contribution in [0.5, 0.6) is 0 Å². The Labute approximate surface area is 226 Å². The minimum Gasteiger partial charge on any atom is -0.367 e. The Morgan fingerprint density at radius 3 is 2.39 bits per heavy atom. The van der Waals surface area contributed by atoms with Gasteiger partial charge >= 0.3 is 0 Å². The Morgan fingerprint density at radius 1 is 1.05 bits per heavy atom. The molecule has 1 saturated carbocycles. The summed E-state index contributed by atoms with van der Waals surface area (Å²) in [4.78, 5) is 15.0. The average Bonchev–Trinajstić information content (AvgIpc) is 2.93. The van der Waals surface area contributed by atoms with Gasteiger partial charge in [-0.25, -0.2) is 12.8 Å². The number of nitrogens with zero attached hydrogens (tertiary/aromatic N) is 2. The number of hydrogen-bond donors (Lipinski definition) is 1. The normalized spacial score (nSPS) is 23.7. The number of piperidine rings is 1. The highest BCUT2D eigenvalue weighted by Crippen LogP contribution is 2.39. The van der Waals surface area contributed by atoms with E-state index in [-0.39, 0.29) is 41.9 Å². The van der Waals surface area contributed by atoms with Crippen LogP contribution in [0.2, 0.25) is 0 Å². The summed E-state index contributed by atoms with van der Waals surface area (Å²) in [6.07, 6.45) is 5.33. The van der Waals surface area contributed by atoms with Crippen LogP contribution in [0.15, 0.2) is 59.5 Å². The number of amides is 1. The van der Waals surface area contributed by atoms with Gasteiger partial charge in [0.15, 0.2) is 0 Å². The molecule has 4 rings (SSSR count). The molecule has 2 aliphatic rings. The van der Waals surface area contributed by atoms with Crippen molar-refractivity contribution in [3.8, 4) is 0 Å². The monoisotopic (exact) mass is 545 g/mol. The van der Waals surface area contributed by atoms with Gasteiger partial charge in [-0.3, -0.25) is 4.79 Å². The van der Waals surface area contributed by atoms with Crippen molar-refractivity contribution < 1.29 is 22.3 Å². The van der Waals surface area contributed by atoms with Crippen molar-refractivity contribution in [2.24, 2.45) is 11.8 Å². The van der Waals surface area contributed by atoms with Crippen molar-refractivity contribution in [1.29, 1.82) is 0 Å². The lowest BCUT2D eigenvalue weighted by Gasteiger charge is -2.37. The summed E-state index contributed by atoms with van der Waals surface area (Å²) in [5.41, 5.74) is 1.14. The Hall–Kier alpha value is -2.33. The molecule has 2 fully saturated rings. The van der Waals surface area contributed by atoms with Crippen molar-refractivity contribution >= 4 is 15.9 Å². The third-order valence-electron chi connectivity index (χ3n) is 7.87. The molecule has 1 aliphatic heterocycles. The molecule has 1 saturated heterocycles.